The molecule has 3 nitrogen and oxygen atoms in total. The van der Waals surface area contributed by atoms with Crippen molar-refractivity contribution in [2.45, 2.75) is 6.42 Å². The summed E-state index contributed by atoms with van der Waals surface area (Å²) >= 11 is 5.82. The van der Waals surface area contributed by atoms with Crippen molar-refractivity contribution in [1.82, 2.24) is 0 Å². The van der Waals surface area contributed by atoms with E-state index in [4.69, 9.17) is 28.3 Å². The predicted octanol–water partition coefficient (Wildman–Crippen LogP) is 1.57. The first-order valence-corrected chi connectivity index (χ1v) is 3.74. The molecular weight excluding hydrogens is 174 g/mol. The molecule has 1 aromatic carbocycles. The summed E-state index contributed by atoms with van der Waals surface area (Å²) in [6.45, 7) is 0. The number of benzene rings is 1. The van der Waals surface area contributed by atoms with E-state index >= 15 is 0 Å². The van der Waals surface area contributed by atoms with Gasteiger partial charge in [-0.1, -0.05) is 11.6 Å². The monoisotopic (exact) mass is 181 g/mol. The van der Waals surface area contributed by atoms with Crippen LogP contribution in [0.1, 0.15) is 5.56 Å². The first-order valence-electron chi connectivity index (χ1n) is 3.36. The molecule has 0 aliphatic rings. The molecule has 0 radical (unpaired) electrons. The predicted molar refractivity (Wildman–Crippen MR) is 49.6 cm³/mol. The van der Waals surface area contributed by atoms with Gasteiger partial charge in [-0.3, -0.25) is 0 Å². The third-order valence-electron chi connectivity index (χ3n) is 1.57. The summed E-state index contributed by atoms with van der Waals surface area (Å²) in [7, 11) is 0. The standard InChI is InChI=1S/C8H8ClN3/c9-8-5(3-4-10)6(11)1-2-7(8)12/h1-2H,3,11-12H2. The zero-order valence-corrected chi connectivity index (χ0v) is 7.10. The number of nitriles is 1. The van der Waals surface area contributed by atoms with Crippen molar-refractivity contribution in [1.29, 1.82) is 5.26 Å². The van der Waals surface area contributed by atoms with Gasteiger partial charge in [0.05, 0.1) is 23.2 Å². The lowest BCUT2D eigenvalue weighted by Gasteiger charge is -2.05. The third kappa shape index (κ3) is 1.44. The van der Waals surface area contributed by atoms with Crippen LogP contribution in [0.25, 0.3) is 0 Å². The van der Waals surface area contributed by atoms with E-state index in [1.54, 1.807) is 12.1 Å². The smallest absolute Gasteiger partial charge is 0.0698 e. The van der Waals surface area contributed by atoms with E-state index in [2.05, 4.69) is 0 Å². The van der Waals surface area contributed by atoms with Crippen LogP contribution in [0.3, 0.4) is 0 Å². The molecule has 0 unspecified atom stereocenters. The molecule has 0 bridgehead atoms. The molecular formula is C8H8ClN3. The Labute approximate surface area is 75.5 Å². The van der Waals surface area contributed by atoms with Crippen LogP contribution in [0.5, 0.6) is 0 Å². The first kappa shape index (κ1) is 8.69. The molecule has 62 valence electrons. The van der Waals surface area contributed by atoms with E-state index in [0.29, 0.717) is 22.0 Å². The Kier molecular flexibility index (Phi) is 2.41. The van der Waals surface area contributed by atoms with E-state index in [0.717, 1.165) is 0 Å². The largest absolute Gasteiger partial charge is 0.398 e. The number of nitrogens with zero attached hydrogens (tertiary/aromatic N) is 1. The highest BCUT2D eigenvalue weighted by molar-refractivity contribution is 6.34. The van der Waals surface area contributed by atoms with Crippen molar-refractivity contribution < 1.29 is 0 Å². The van der Waals surface area contributed by atoms with E-state index in [-0.39, 0.29) is 6.42 Å². The molecule has 4 heteroatoms. The van der Waals surface area contributed by atoms with Gasteiger partial charge < -0.3 is 11.5 Å². The van der Waals surface area contributed by atoms with Gasteiger partial charge in [0.15, 0.2) is 0 Å². The molecule has 0 aromatic heterocycles. The van der Waals surface area contributed by atoms with Crippen LogP contribution in [0, 0.1) is 11.3 Å². The highest BCUT2D eigenvalue weighted by atomic mass is 35.5. The maximum Gasteiger partial charge on any atom is 0.0698 e. The number of nitrogen functional groups attached to an aromatic ring is 2. The van der Waals surface area contributed by atoms with Crippen LogP contribution in [0.4, 0.5) is 11.4 Å². The summed E-state index contributed by atoms with van der Waals surface area (Å²) in [5.41, 5.74) is 12.7. The second kappa shape index (κ2) is 3.33. The van der Waals surface area contributed by atoms with Crippen LogP contribution in [-0.4, -0.2) is 0 Å². The Morgan fingerprint density at radius 3 is 2.50 bits per heavy atom. The fourth-order valence-corrected chi connectivity index (χ4v) is 1.15. The molecule has 0 aliphatic heterocycles. The van der Waals surface area contributed by atoms with Gasteiger partial charge in [0.25, 0.3) is 0 Å². The van der Waals surface area contributed by atoms with Gasteiger partial charge in [0, 0.05) is 11.3 Å². The SMILES string of the molecule is N#CCc1c(N)ccc(N)c1Cl. The summed E-state index contributed by atoms with van der Waals surface area (Å²) in [6.07, 6.45) is 0.190. The average Bonchev–Trinajstić information content (AvgIpc) is 2.06. The van der Waals surface area contributed by atoms with E-state index in [1.165, 1.54) is 0 Å². The minimum atomic E-state index is 0.190. The summed E-state index contributed by atoms with van der Waals surface area (Å²) in [5.74, 6) is 0. The average molecular weight is 182 g/mol. The van der Waals surface area contributed by atoms with Gasteiger partial charge >= 0.3 is 0 Å². The van der Waals surface area contributed by atoms with E-state index in [9.17, 15) is 0 Å². The van der Waals surface area contributed by atoms with Crippen molar-refractivity contribution >= 4 is 23.0 Å². The minimum Gasteiger partial charge on any atom is -0.398 e. The van der Waals surface area contributed by atoms with Crippen molar-refractivity contribution in [2.75, 3.05) is 11.5 Å². The lowest BCUT2D eigenvalue weighted by Crippen LogP contribution is -1.97. The molecule has 0 atom stereocenters. The van der Waals surface area contributed by atoms with Gasteiger partial charge in [0.2, 0.25) is 0 Å². The number of anilines is 2. The fraction of sp³-hybridized carbons (Fsp3) is 0.125. The molecule has 0 amide bonds. The number of halogens is 1. The molecule has 0 saturated carbocycles. The Morgan fingerprint density at radius 2 is 1.92 bits per heavy atom. The quantitative estimate of drug-likeness (QED) is 0.646. The van der Waals surface area contributed by atoms with Crippen LogP contribution < -0.4 is 11.5 Å². The van der Waals surface area contributed by atoms with Gasteiger partial charge in [-0.05, 0) is 12.1 Å². The first-order chi connectivity index (χ1) is 5.66. The minimum absolute atomic E-state index is 0.190. The van der Waals surface area contributed by atoms with Crippen LogP contribution in [0.15, 0.2) is 12.1 Å². The Hall–Kier alpha value is -1.40. The van der Waals surface area contributed by atoms with Gasteiger partial charge in [-0.25, -0.2) is 0 Å². The fourth-order valence-electron chi connectivity index (χ4n) is 0.913. The second-order valence-electron chi connectivity index (χ2n) is 2.37. The summed E-state index contributed by atoms with van der Waals surface area (Å²) in [5, 5.41) is 8.84. The Morgan fingerprint density at radius 1 is 1.33 bits per heavy atom. The van der Waals surface area contributed by atoms with E-state index in [1.807, 2.05) is 6.07 Å². The maximum absolute atomic E-state index is 8.45. The van der Waals surface area contributed by atoms with Crippen LogP contribution in [-0.2, 0) is 6.42 Å². The van der Waals surface area contributed by atoms with Gasteiger partial charge in [0.1, 0.15) is 0 Å². The van der Waals surface area contributed by atoms with Crippen molar-refractivity contribution in [3.8, 4) is 6.07 Å². The molecule has 4 N–H and O–H groups in total. The van der Waals surface area contributed by atoms with Gasteiger partial charge in [-0.15, -0.1) is 0 Å². The normalized spacial score (nSPS) is 9.33. The maximum atomic E-state index is 8.45. The molecule has 0 aliphatic carbocycles. The number of hydrogen-bond acceptors (Lipinski definition) is 3. The molecule has 1 rings (SSSR count). The molecule has 0 saturated heterocycles. The number of hydrogen-bond donors (Lipinski definition) is 2. The lowest BCUT2D eigenvalue weighted by molar-refractivity contribution is 1.27. The molecule has 0 fully saturated rings. The summed E-state index contributed by atoms with van der Waals surface area (Å²) < 4.78 is 0. The Balaban J connectivity index is 3.25. The second-order valence-corrected chi connectivity index (χ2v) is 2.75. The van der Waals surface area contributed by atoms with Crippen molar-refractivity contribution in [3.63, 3.8) is 0 Å². The molecule has 0 spiro atoms. The lowest BCUT2D eigenvalue weighted by atomic mass is 10.1. The van der Waals surface area contributed by atoms with Crippen LogP contribution in [0.2, 0.25) is 5.02 Å². The van der Waals surface area contributed by atoms with Gasteiger partial charge in [-0.2, -0.15) is 5.26 Å². The molecule has 12 heavy (non-hydrogen) atoms. The Bertz CT molecular complexity index is 341. The number of nitrogens with two attached hydrogens (primary N) is 2. The van der Waals surface area contributed by atoms with Crippen molar-refractivity contribution in [2.24, 2.45) is 0 Å². The van der Waals surface area contributed by atoms with E-state index < -0.39 is 0 Å². The zero-order valence-electron chi connectivity index (χ0n) is 6.34. The topological polar surface area (TPSA) is 75.8 Å². The zero-order chi connectivity index (χ0) is 9.14. The molecule has 1 aromatic rings. The van der Waals surface area contributed by atoms with Crippen LogP contribution >= 0.6 is 11.6 Å². The highest BCUT2D eigenvalue weighted by Crippen LogP contribution is 2.28. The summed E-state index contributed by atoms with van der Waals surface area (Å²) in [6, 6.07) is 5.24. The summed E-state index contributed by atoms with van der Waals surface area (Å²) in [4.78, 5) is 0. The third-order valence-corrected chi connectivity index (χ3v) is 2.01. The number of rotatable bonds is 1. The molecule has 0 heterocycles. The van der Waals surface area contributed by atoms with Crippen molar-refractivity contribution in [3.05, 3.63) is 22.7 Å². The highest BCUT2D eigenvalue weighted by Gasteiger charge is 2.06.